The summed E-state index contributed by atoms with van der Waals surface area (Å²) >= 11 is 0. The highest BCUT2D eigenvalue weighted by Crippen LogP contribution is 2.13. The second kappa shape index (κ2) is 7.90. The fourth-order valence-electron chi connectivity index (χ4n) is 2.50. The van der Waals surface area contributed by atoms with Gasteiger partial charge in [-0.15, -0.1) is 0 Å². The van der Waals surface area contributed by atoms with Crippen LogP contribution >= 0.6 is 0 Å². The van der Waals surface area contributed by atoms with Crippen LogP contribution in [0.25, 0.3) is 0 Å². The fraction of sp³-hybridized carbons (Fsp3) is 0.562. The first kappa shape index (κ1) is 14.9. The minimum absolute atomic E-state index is 0.184. The van der Waals surface area contributed by atoms with E-state index in [0.29, 0.717) is 6.61 Å². The van der Waals surface area contributed by atoms with Crippen molar-refractivity contribution in [3.8, 4) is 0 Å². The van der Waals surface area contributed by atoms with E-state index in [2.05, 4.69) is 12.2 Å². The minimum Gasteiger partial charge on any atom is -0.445 e. The number of hydrogen-bond acceptors (Lipinski definition) is 3. The fourth-order valence-corrected chi connectivity index (χ4v) is 2.50. The van der Waals surface area contributed by atoms with E-state index >= 15 is 0 Å². The van der Waals surface area contributed by atoms with E-state index in [1.165, 1.54) is 0 Å². The number of unbranched alkanes of at least 4 members (excludes halogenated alkanes) is 1. The van der Waals surface area contributed by atoms with Crippen LogP contribution < -0.4 is 5.32 Å². The highest BCUT2D eigenvalue weighted by molar-refractivity contribution is 5.68. The largest absolute Gasteiger partial charge is 0.445 e. The Morgan fingerprint density at radius 2 is 2.20 bits per heavy atom. The van der Waals surface area contributed by atoms with Crippen LogP contribution in [0.3, 0.4) is 0 Å². The summed E-state index contributed by atoms with van der Waals surface area (Å²) in [5.41, 5.74) is 1.03. The molecule has 0 radical (unpaired) electrons. The highest BCUT2D eigenvalue weighted by Gasteiger charge is 2.27. The Balaban J connectivity index is 1.85. The quantitative estimate of drug-likeness (QED) is 0.899. The molecule has 0 saturated carbocycles. The standard InChI is InChI=1S/C16H24N2O2/c1-2-3-9-15-12-17-10-11-18(15)16(19)20-13-14-7-5-4-6-8-14/h4-8,15,17H,2-3,9-13H2,1H3/t15-/m1/s1. The van der Waals surface area contributed by atoms with Crippen molar-refractivity contribution in [1.82, 2.24) is 10.2 Å². The van der Waals surface area contributed by atoms with Gasteiger partial charge < -0.3 is 15.0 Å². The number of amides is 1. The molecule has 2 rings (SSSR count). The van der Waals surface area contributed by atoms with Gasteiger partial charge in [-0.25, -0.2) is 4.79 Å². The molecule has 1 amide bonds. The zero-order chi connectivity index (χ0) is 14.2. The Morgan fingerprint density at radius 1 is 1.40 bits per heavy atom. The van der Waals surface area contributed by atoms with Gasteiger partial charge in [-0.3, -0.25) is 0 Å². The van der Waals surface area contributed by atoms with Crippen molar-refractivity contribution in [2.24, 2.45) is 0 Å². The Kier molecular flexibility index (Phi) is 5.87. The van der Waals surface area contributed by atoms with Crippen molar-refractivity contribution in [3.63, 3.8) is 0 Å². The van der Waals surface area contributed by atoms with Gasteiger partial charge in [0.15, 0.2) is 0 Å². The van der Waals surface area contributed by atoms with Crippen LogP contribution in [-0.2, 0) is 11.3 Å². The topological polar surface area (TPSA) is 41.6 Å². The van der Waals surface area contributed by atoms with E-state index in [-0.39, 0.29) is 12.1 Å². The smallest absolute Gasteiger partial charge is 0.410 e. The zero-order valence-electron chi connectivity index (χ0n) is 12.2. The molecule has 1 N–H and O–H groups in total. The molecule has 20 heavy (non-hydrogen) atoms. The van der Waals surface area contributed by atoms with Gasteiger partial charge in [0.25, 0.3) is 0 Å². The first-order chi connectivity index (χ1) is 9.81. The van der Waals surface area contributed by atoms with Crippen molar-refractivity contribution in [2.75, 3.05) is 19.6 Å². The van der Waals surface area contributed by atoms with Gasteiger partial charge in [0.05, 0.1) is 0 Å². The molecule has 0 aromatic heterocycles. The van der Waals surface area contributed by atoms with Crippen LogP contribution in [-0.4, -0.2) is 36.7 Å². The van der Waals surface area contributed by atoms with E-state index in [0.717, 1.165) is 44.5 Å². The number of carbonyl (C=O) groups excluding carboxylic acids is 1. The van der Waals surface area contributed by atoms with E-state index in [1.807, 2.05) is 35.2 Å². The number of rotatable bonds is 5. The maximum absolute atomic E-state index is 12.2. The Labute approximate surface area is 121 Å². The number of piperazine rings is 1. The first-order valence-electron chi connectivity index (χ1n) is 7.49. The number of nitrogens with zero attached hydrogens (tertiary/aromatic N) is 1. The summed E-state index contributed by atoms with van der Waals surface area (Å²) in [6, 6.07) is 10.1. The molecular weight excluding hydrogens is 252 g/mol. The van der Waals surface area contributed by atoms with E-state index in [4.69, 9.17) is 4.74 Å². The lowest BCUT2D eigenvalue weighted by atomic mass is 10.1. The summed E-state index contributed by atoms with van der Waals surface area (Å²) in [6.07, 6.45) is 3.17. The molecule has 0 spiro atoms. The predicted octanol–water partition coefficient (Wildman–Crippen LogP) is 2.79. The monoisotopic (exact) mass is 276 g/mol. The van der Waals surface area contributed by atoms with Gasteiger partial charge >= 0.3 is 6.09 Å². The van der Waals surface area contributed by atoms with Gasteiger partial charge in [-0.05, 0) is 12.0 Å². The zero-order valence-corrected chi connectivity index (χ0v) is 12.2. The van der Waals surface area contributed by atoms with E-state index < -0.39 is 0 Å². The highest BCUT2D eigenvalue weighted by atomic mass is 16.6. The lowest BCUT2D eigenvalue weighted by molar-refractivity contribution is 0.0698. The Morgan fingerprint density at radius 3 is 2.95 bits per heavy atom. The maximum Gasteiger partial charge on any atom is 0.410 e. The molecule has 1 aliphatic rings. The SMILES string of the molecule is CCCC[C@@H]1CNCCN1C(=O)OCc1ccccc1. The van der Waals surface area contributed by atoms with Gasteiger partial charge in [-0.1, -0.05) is 50.1 Å². The summed E-state index contributed by atoms with van der Waals surface area (Å²) in [6.45, 7) is 4.99. The molecule has 1 fully saturated rings. The van der Waals surface area contributed by atoms with Crippen LogP contribution in [0.1, 0.15) is 31.7 Å². The minimum atomic E-state index is -0.184. The van der Waals surface area contributed by atoms with E-state index in [1.54, 1.807) is 0 Å². The number of benzene rings is 1. The Hall–Kier alpha value is -1.55. The van der Waals surface area contributed by atoms with Crippen molar-refractivity contribution in [3.05, 3.63) is 35.9 Å². The molecule has 4 heteroatoms. The first-order valence-corrected chi connectivity index (χ1v) is 7.49. The lowest BCUT2D eigenvalue weighted by Crippen LogP contribution is -2.53. The molecule has 1 heterocycles. The van der Waals surface area contributed by atoms with Gasteiger partial charge in [0, 0.05) is 25.7 Å². The third-order valence-electron chi connectivity index (χ3n) is 3.68. The second-order valence-electron chi connectivity index (χ2n) is 5.23. The summed E-state index contributed by atoms with van der Waals surface area (Å²) in [5, 5.41) is 3.35. The normalized spacial score (nSPS) is 18.9. The summed E-state index contributed by atoms with van der Waals surface area (Å²) < 4.78 is 5.44. The number of carbonyl (C=O) groups is 1. The van der Waals surface area contributed by atoms with Crippen molar-refractivity contribution in [2.45, 2.75) is 38.8 Å². The average Bonchev–Trinajstić information content (AvgIpc) is 2.52. The Bertz CT molecular complexity index is 408. The van der Waals surface area contributed by atoms with Crippen molar-refractivity contribution >= 4 is 6.09 Å². The van der Waals surface area contributed by atoms with E-state index in [9.17, 15) is 4.79 Å². The molecule has 0 unspecified atom stereocenters. The van der Waals surface area contributed by atoms with Crippen molar-refractivity contribution in [1.29, 1.82) is 0 Å². The molecule has 110 valence electrons. The van der Waals surface area contributed by atoms with Gasteiger partial charge in [0.2, 0.25) is 0 Å². The van der Waals surface area contributed by atoms with Gasteiger partial charge in [-0.2, -0.15) is 0 Å². The number of ether oxygens (including phenoxy) is 1. The second-order valence-corrected chi connectivity index (χ2v) is 5.23. The van der Waals surface area contributed by atoms with Crippen LogP contribution in [0.2, 0.25) is 0 Å². The number of nitrogens with one attached hydrogen (secondary N) is 1. The molecule has 4 nitrogen and oxygen atoms in total. The molecular formula is C16H24N2O2. The molecule has 1 aromatic rings. The molecule has 0 bridgehead atoms. The van der Waals surface area contributed by atoms with Crippen LogP contribution in [0.4, 0.5) is 4.79 Å². The predicted molar refractivity (Wildman–Crippen MR) is 79.5 cm³/mol. The average molecular weight is 276 g/mol. The van der Waals surface area contributed by atoms with Crippen LogP contribution in [0.5, 0.6) is 0 Å². The molecule has 1 aliphatic heterocycles. The summed E-state index contributed by atoms with van der Waals surface area (Å²) in [5.74, 6) is 0. The number of hydrogen-bond donors (Lipinski definition) is 1. The third-order valence-corrected chi connectivity index (χ3v) is 3.68. The summed E-state index contributed by atoms with van der Waals surface area (Å²) in [4.78, 5) is 14.1. The molecule has 0 aliphatic carbocycles. The maximum atomic E-state index is 12.2. The molecule has 1 aromatic carbocycles. The van der Waals surface area contributed by atoms with Crippen LogP contribution in [0, 0.1) is 0 Å². The van der Waals surface area contributed by atoms with Gasteiger partial charge in [0.1, 0.15) is 6.61 Å². The molecule has 1 saturated heterocycles. The summed E-state index contributed by atoms with van der Waals surface area (Å²) in [7, 11) is 0. The lowest BCUT2D eigenvalue weighted by Gasteiger charge is -2.35. The third kappa shape index (κ3) is 4.23. The van der Waals surface area contributed by atoms with Crippen LogP contribution in [0.15, 0.2) is 30.3 Å². The molecule has 1 atom stereocenters. The van der Waals surface area contributed by atoms with Crippen molar-refractivity contribution < 1.29 is 9.53 Å².